The largest absolute Gasteiger partial charge is 0.347 e. The first-order valence-electron chi connectivity index (χ1n) is 6.80. The van der Waals surface area contributed by atoms with Gasteiger partial charge in [-0.2, -0.15) is 0 Å². The van der Waals surface area contributed by atoms with Gasteiger partial charge < -0.3 is 4.57 Å². The maximum atomic E-state index is 11.6. The van der Waals surface area contributed by atoms with Gasteiger partial charge in [0.2, 0.25) is 0 Å². The molecule has 0 unspecified atom stereocenters. The van der Waals surface area contributed by atoms with Crippen LogP contribution in [0.1, 0.15) is 16.8 Å². The van der Waals surface area contributed by atoms with Crippen LogP contribution in [0.3, 0.4) is 0 Å². The second-order valence-corrected chi connectivity index (χ2v) is 5.65. The van der Waals surface area contributed by atoms with Crippen LogP contribution < -0.4 is 5.43 Å². The van der Waals surface area contributed by atoms with Gasteiger partial charge in [-0.3, -0.25) is 9.69 Å². The van der Waals surface area contributed by atoms with Crippen molar-refractivity contribution in [2.75, 3.05) is 6.54 Å². The molecular formula is C16H17ClN2O. The number of benzene rings is 1. The van der Waals surface area contributed by atoms with Gasteiger partial charge in [-0.25, -0.2) is 0 Å². The Morgan fingerprint density at radius 2 is 2.00 bits per heavy atom. The molecule has 104 valence electrons. The van der Waals surface area contributed by atoms with E-state index in [1.54, 1.807) is 6.07 Å². The molecule has 2 heterocycles. The summed E-state index contributed by atoms with van der Waals surface area (Å²) < 4.78 is 2.08. The van der Waals surface area contributed by atoms with E-state index in [2.05, 4.69) is 40.7 Å². The molecule has 0 saturated heterocycles. The van der Waals surface area contributed by atoms with E-state index in [1.165, 1.54) is 11.1 Å². The third-order valence-corrected chi connectivity index (χ3v) is 4.31. The summed E-state index contributed by atoms with van der Waals surface area (Å²) in [5.41, 5.74) is 3.47. The smallest absolute Gasteiger partial charge is 0.200 e. The lowest BCUT2D eigenvalue weighted by molar-refractivity contribution is 0.211. The zero-order valence-electron chi connectivity index (χ0n) is 11.5. The summed E-state index contributed by atoms with van der Waals surface area (Å²) in [6.07, 6.45) is 1.84. The predicted octanol–water partition coefficient (Wildman–Crippen LogP) is 2.83. The molecule has 1 aliphatic rings. The third-order valence-electron chi connectivity index (χ3n) is 3.91. The van der Waals surface area contributed by atoms with Gasteiger partial charge in [0.25, 0.3) is 0 Å². The molecule has 20 heavy (non-hydrogen) atoms. The molecule has 1 aromatic heterocycles. The number of aromatic nitrogens is 1. The van der Waals surface area contributed by atoms with E-state index in [1.807, 2.05) is 6.20 Å². The molecule has 0 saturated carbocycles. The van der Waals surface area contributed by atoms with Crippen molar-refractivity contribution in [1.82, 2.24) is 9.47 Å². The topological polar surface area (TPSA) is 25.2 Å². The summed E-state index contributed by atoms with van der Waals surface area (Å²) in [6, 6.07) is 9.95. The average Bonchev–Trinajstić information content (AvgIpc) is 2.46. The lowest BCUT2D eigenvalue weighted by Crippen LogP contribution is -2.35. The fourth-order valence-corrected chi connectivity index (χ4v) is 2.89. The van der Waals surface area contributed by atoms with Gasteiger partial charge in [0.05, 0.1) is 5.69 Å². The van der Waals surface area contributed by atoms with Crippen molar-refractivity contribution in [1.29, 1.82) is 0 Å². The van der Waals surface area contributed by atoms with Crippen molar-refractivity contribution in [2.24, 2.45) is 0 Å². The molecular weight excluding hydrogens is 272 g/mol. The van der Waals surface area contributed by atoms with E-state index in [0.717, 1.165) is 31.9 Å². The fourth-order valence-electron chi connectivity index (χ4n) is 2.66. The first-order valence-corrected chi connectivity index (χ1v) is 7.17. The Morgan fingerprint density at radius 1 is 1.20 bits per heavy atom. The van der Waals surface area contributed by atoms with Crippen LogP contribution in [0.4, 0.5) is 0 Å². The number of aryl methyl sites for hydroxylation is 1. The first-order chi connectivity index (χ1) is 9.65. The number of hydrogen-bond donors (Lipinski definition) is 0. The molecule has 0 fully saturated rings. The van der Waals surface area contributed by atoms with Crippen LogP contribution in [0.15, 0.2) is 41.3 Å². The van der Waals surface area contributed by atoms with E-state index < -0.39 is 0 Å². The summed E-state index contributed by atoms with van der Waals surface area (Å²) in [5.74, 6) is 0. The normalized spacial score (nSPS) is 15.1. The molecule has 0 N–H and O–H groups in total. The van der Waals surface area contributed by atoms with Crippen LogP contribution >= 0.6 is 11.6 Å². The molecule has 0 radical (unpaired) electrons. The Bertz CT molecular complexity index is 693. The lowest BCUT2D eigenvalue weighted by Gasteiger charge is -2.31. The highest BCUT2D eigenvalue weighted by Gasteiger charge is 2.19. The highest BCUT2D eigenvalue weighted by Crippen LogP contribution is 2.20. The maximum Gasteiger partial charge on any atom is 0.200 e. The van der Waals surface area contributed by atoms with E-state index in [4.69, 9.17) is 11.6 Å². The summed E-state index contributed by atoms with van der Waals surface area (Å²) in [5, 5.41) is 0.363. The number of pyridine rings is 1. The van der Waals surface area contributed by atoms with Crippen molar-refractivity contribution < 1.29 is 0 Å². The van der Waals surface area contributed by atoms with Crippen LogP contribution in [0, 0.1) is 6.92 Å². The van der Waals surface area contributed by atoms with Crippen LogP contribution in [-0.2, 0) is 19.6 Å². The molecule has 2 aromatic rings. The summed E-state index contributed by atoms with van der Waals surface area (Å²) in [4.78, 5) is 14.0. The van der Waals surface area contributed by atoms with Crippen molar-refractivity contribution >= 4 is 11.6 Å². The van der Waals surface area contributed by atoms with Gasteiger partial charge in [0, 0.05) is 38.4 Å². The van der Waals surface area contributed by atoms with Gasteiger partial charge in [0.15, 0.2) is 5.43 Å². The molecule has 0 spiro atoms. The minimum absolute atomic E-state index is 0.0874. The predicted molar refractivity (Wildman–Crippen MR) is 81.0 cm³/mol. The minimum Gasteiger partial charge on any atom is -0.347 e. The molecule has 0 amide bonds. The van der Waals surface area contributed by atoms with Crippen molar-refractivity contribution in [3.05, 3.63) is 68.6 Å². The van der Waals surface area contributed by atoms with Crippen LogP contribution in [-0.4, -0.2) is 16.0 Å². The maximum absolute atomic E-state index is 11.6. The second-order valence-electron chi connectivity index (χ2n) is 5.27. The Kier molecular flexibility index (Phi) is 3.64. The molecule has 0 aliphatic carbocycles. The van der Waals surface area contributed by atoms with Gasteiger partial charge in [-0.1, -0.05) is 35.9 Å². The standard InChI is InChI=1S/C16H17ClN2O/c1-12-4-2-3-5-13(12)10-18-8-9-19-7-6-15(20)16(17)14(19)11-18/h2-7H,8-11H2,1H3. The van der Waals surface area contributed by atoms with E-state index in [9.17, 15) is 4.79 Å². The third kappa shape index (κ3) is 2.51. The number of halogens is 1. The van der Waals surface area contributed by atoms with Crippen LogP contribution in [0.25, 0.3) is 0 Å². The quantitative estimate of drug-likeness (QED) is 0.849. The highest BCUT2D eigenvalue weighted by atomic mass is 35.5. The number of fused-ring (bicyclic) bond motifs is 1. The SMILES string of the molecule is Cc1ccccc1CN1CCn2ccc(=O)c(Cl)c2C1. The second kappa shape index (κ2) is 5.43. The summed E-state index contributed by atoms with van der Waals surface area (Å²) in [6.45, 7) is 5.60. The number of rotatable bonds is 2. The Labute approximate surface area is 123 Å². The molecule has 3 nitrogen and oxygen atoms in total. The van der Waals surface area contributed by atoms with E-state index in [-0.39, 0.29) is 5.43 Å². The number of nitrogens with zero attached hydrogens (tertiary/aromatic N) is 2. The Morgan fingerprint density at radius 3 is 2.80 bits per heavy atom. The molecule has 0 atom stereocenters. The molecule has 1 aliphatic heterocycles. The fraction of sp³-hybridized carbons (Fsp3) is 0.312. The zero-order valence-corrected chi connectivity index (χ0v) is 12.2. The van der Waals surface area contributed by atoms with Crippen molar-refractivity contribution in [2.45, 2.75) is 26.6 Å². The van der Waals surface area contributed by atoms with Crippen molar-refractivity contribution in [3.63, 3.8) is 0 Å². The molecule has 0 bridgehead atoms. The minimum atomic E-state index is -0.0874. The summed E-state index contributed by atoms with van der Waals surface area (Å²) >= 11 is 6.15. The van der Waals surface area contributed by atoms with Gasteiger partial charge in [0.1, 0.15) is 5.02 Å². The molecule has 4 heteroatoms. The van der Waals surface area contributed by atoms with Crippen molar-refractivity contribution in [3.8, 4) is 0 Å². The van der Waals surface area contributed by atoms with Gasteiger partial charge >= 0.3 is 0 Å². The van der Waals surface area contributed by atoms with Gasteiger partial charge in [-0.15, -0.1) is 0 Å². The van der Waals surface area contributed by atoms with Crippen LogP contribution in [0.2, 0.25) is 5.02 Å². The van der Waals surface area contributed by atoms with E-state index >= 15 is 0 Å². The molecule has 3 rings (SSSR count). The zero-order chi connectivity index (χ0) is 14.1. The summed E-state index contributed by atoms with van der Waals surface area (Å²) in [7, 11) is 0. The lowest BCUT2D eigenvalue weighted by atomic mass is 10.1. The Balaban J connectivity index is 1.84. The molecule has 1 aromatic carbocycles. The number of hydrogen-bond acceptors (Lipinski definition) is 2. The average molecular weight is 289 g/mol. The first kappa shape index (κ1) is 13.4. The van der Waals surface area contributed by atoms with Gasteiger partial charge in [-0.05, 0) is 18.1 Å². The van der Waals surface area contributed by atoms with E-state index in [0.29, 0.717) is 5.02 Å². The highest BCUT2D eigenvalue weighted by molar-refractivity contribution is 6.31. The Hall–Kier alpha value is -1.58. The van der Waals surface area contributed by atoms with Crippen LogP contribution in [0.5, 0.6) is 0 Å². The monoisotopic (exact) mass is 288 g/mol.